The van der Waals surface area contributed by atoms with Crippen LogP contribution >= 0.6 is 11.8 Å². The van der Waals surface area contributed by atoms with Crippen LogP contribution in [-0.2, 0) is 4.79 Å². The number of rotatable bonds is 5. The maximum absolute atomic E-state index is 11.4. The van der Waals surface area contributed by atoms with E-state index >= 15 is 0 Å². The molecule has 1 amide bonds. The third-order valence-electron chi connectivity index (χ3n) is 1.99. The van der Waals surface area contributed by atoms with Crippen LogP contribution in [0.15, 0.2) is 0 Å². The van der Waals surface area contributed by atoms with Crippen LogP contribution in [0.1, 0.15) is 26.7 Å². The average Bonchev–Trinajstić information content (AvgIpc) is 2.87. The molecule has 1 fully saturated rings. The van der Waals surface area contributed by atoms with Gasteiger partial charge < -0.3 is 10.4 Å². The molecule has 1 aliphatic rings. The zero-order valence-electron chi connectivity index (χ0n) is 8.12. The first-order chi connectivity index (χ1) is 6.13. The summed E-state index contributed by atoms with van der Waals surface area (Å²) < 4.78 is 0. The van der Waals surface area contributed by atoms with Gasteiger partial charge in [-0.1, -0.05) is 6.92 Å². The average molecular weight is 203 g/mol. The van der Waals surface area contributed by atoms with Crippen molar-refractivity contribution < 1.29 is 9.90 Å². The molecule has 0 heterocycles. The molecule has 4 heteroatoms. The molecule has 0 radical (unpaired) electrons. The molecule has 0 aromatic heterocycles. The Morgan fingerprint density at radius 2 is 2.23 bits per heavy atom. The van der Waals surface area contributed by atoms with Gasteiger partial charge in [-0.15, -0.1) is 11.8 Å². The van der Waals surface area contributed by atoms with Crippen LogP contribution in [0.25, 0.3) is 0 Å². The summed E-state index contributed by atoms with van der Waals surface area (Å²) in [6.45, 7) is 3.94. The zero-order chi connectivity index (χ0) is 9.84. The van der Waals surface area contributed by atoms with E-state index in [0.717, 1.165) is 12.8 Å². The fraction of sp³-hybridized carbons (Fsp3) is 0.889. The predicted octanol–water partition coefficient (Wildman–Crippen LogP) is 0.767. The molecule has 0 aromatic carbocycles. The van der Waals surface area contributed by atoms with Crippen LogP contribution in [0.5, 0.6) is 0 Å². The van der Waals surface area contributed by atoms with Gasteiger partial charge in [-0.3, -0.25) is 4.79 Å². The monoisotopic (exact) mass is 203 g/mol. The van der Waals surface area contributed by atoms with Gasteiger partial charge in [0, 0.05) is 11.3 Å². The first-order valence-electron chi connectivity index (χ1n) is 4.70. The number of nitrogens with one attached hydrogen (secondary N) is 1. The minimum absolute atomic E-state index is 0.0530. The van der Waals surface area contributed by atoms with Gasteiger partial charge in [0.1, 0.15) is 0 Å². The smallest absolute Gasteiger partial charge is 0.233 e. The number of carbonyl (C=O) groups excluding carboxylic acids is 1. The SMILES string of the molecule is CC(CO)SC(C)C(=O)NC1CC1. The maximum atomic E-state index is 11.4. The molecule has 3 nitrogen and oxygen atoms in total. The van der Waals surface area contributed by atoms with Crippen molar-refractivity contribution in [2.24, 2.45) is 0 Å². The van der Waals surface area contributed by atoms with E-state index in [0.29, 0.717) is 6.04 Å². The van der Waals surface area contributed by atoms with Crippen molar-refractivity contribution in [1.82, 2.24) is 5.32 Å². The number of carbonyl (C=O) groups is 1. The first kappa shape index (κ1) is 10.9. The molecular formula is C9H17NO2S. The summed E-state index contributed by atoms with van der Waals surface area (Å²) in [6.07, 6.45) is 2.25. The molecule has 1 saturated carbocycles. The van der Waals surface area contributed by atoms with Crippen LogP contribution in [0.2, 0.25) is 0 Å². The molecule has 1 aliphatic carbocycles. The highest BCUT2D eigenvalue weighted by Gasteiger charge is 2.26. The van der Waals surface area contributed by atoms with Crippen molar-refractivity contribution in [3.05, 3.63) is 0 Å². The number of aliphatic hydroxyl groups excluding tert-OH is 1. The molecule has 2 N–H and O–H groups in total. The fourth-order valence-corrected chi connectivity index (χ4v) is 1.97. The Morgan fingerprint density at radius 1 is 1.62 bits per heavy atom. The van der Waals surface area contributed by atoms with E-state index in [-0.39, 0.29) is 23.0 Å². The van der Waals surface area contributed by atoms with E-state index in [1.165, 1.54) is 11.8 Å². The van der Waals surface area contributed by atoms with Gasteiger partial charge in [-0.05, 0) is 19.8 Å². The summed E-state index contributed by atoms with van der Waals surface area (Å²) in [4.78, 5) is 11.4. The molecule has 2 atom stereocenters. The highest BCUT2D eigenvalue weighted by atomic mass is 32.2. The lowest BCUT2D eigenvalue weighted by Crippen LogP contribution is -2.33. The van der Waals surface area contributed by atoms with Crippen LogP contribution in [-0.4, -0.2) is 34.2 Å². The Kier molecular flexibility index (Phi) is 4.06. The molecule has 0 saturated heterocycles. The maximum Gasteiger partial charge on any atom is 0.233 e. The third kappa shape index (κ3) is 4.00. The predicted molar refractivity (Wildman–Crippen MR) is 54.8 cm³/mol. The zero-order valence-corrected chi connectivity index (χ0v) is 8.93. The molecular weight excluding hydrogens is 186 g/mol. The quantitative estimate of drug-likeness (QED) is 0.694. The minimum atomic E-state index is -0.0530. The summed E-state index contributed by atoms with van der Waals surface area (Å²) in [5.41, 5.74) is 0. The second-order valence-corrected chi connectivity index (χ2v) is 5.34. The molecule has 0 spiro atoms. The van der Waals surface area contributed by atoms with E-state index in [9.17, 15) is 4.79 Å². The van der Waals surface area contributed by atoms with Crippen LogP contribution in [0.4, 0.5) is 0 Å². The van der Waals surface area contributed by atoms with E-state index < -0.39 is 0 Å². The fourth-order valence-electron chi connectivity index (χ4n) is 1.000. The number of hydrogen-bond acceptors (Lipinski definition) is 3. The molecule has 1 rings (SSSR count). The molecule has 0 bridgehead atoms. The summed E-state index contributed by atoms with van der Waals surface area (Å²) in [5.74, 6) is 0.104. The Labute approximate surface area is 83.3 Å². The molecule has 0 aliphatic heterocycles. The summed E-state index contributed by atoms with van der Waals surface area (Å²) in [7, 11) is 0. The highest BCUT2D eigenvalue weighted by molar-refractivity contribution is 8.01. The van der Waals surface area contributed by atoms with E-state index in [1.807, 2.05) is 13.8 Å². The normalized spacial score (nSPS) is 20.8. The van der Waals surface area contributed by atoms with Crippen LogP contribution < -0.4 is 5.32 Å². The largest absolute Gasteiger partial charge is 0.395 e. The number of aliphatic hydroxyl groups is 1. The Morgan fingerprint density at radius 3 is 2.69 bits per heavy atom. The third-order valence-corrected chi connectivity index (χ3v) is 3.22. The Hall–Kier alpha value is -0.220. The summed E-state index contributed by atoms with van der Waals surface area (Å²) in [6, 6.07) is 0.431. The van der Waals surface area contributed by atoms with Crippen molar-refractivity contribution in [2.75, 3.05) is 6.61 Å². The van der Waals surface area contributed by atoms with Gasteiger partial charge in [-0.2, -0.15) is 0 Å². The lowest BCUT2D eigenvalue weighted by molar-refractivity contribution is -0.120. The van der Waals surface area contributed by atoms with Gasteiger partial charge >= 0.3 is 0 Å². The second kappa shape index (κ2) is 4.86. The number of amides is 1. The van der Waals surface area contributed by atoms with Gasteiger partial charge in [-0.25, -0.2) is 0 Å². The molecule has 0 aromatic rings. The van der Waals surface area contributed by atoms with Gasteiger partial charge in [0.05, 0.1) is 11.9 Å². The number of hydrogen-bond donors (Lipinski definition) is 2. The number of thioether (sulfide) groups is 1. The molecule has 2 unspecified atom stereocenters. The van der Waals surface area contributed by atoms with Crippen molar-refractivity contribution in [1.29, 1.82) is 0 Å². The topological polar surface area (TPSA) is 49.3 Å². The Balaban J connectivity index is 2.19. The minimum Gasteiger partial charge on any atom is -0.395 e. The van der Waals surface area contributed by atoms with Gasteiger partial charge in [0.2, 0.25) is 5.91 Å². The standard InChI is InChI=1S/C9H17NO2S/c1-6(5-11)13-7(2)9(12)10-8-3-4-8/h6-8,11H,3-5H2,1-2H3,(H,10,12). The summed E-state index contributed by atoms with van der Waals surface area (Å²) in [5, 5.41) is 11.8. The van der Waals surface area contributed by atoms with Crippen LogP contribution in [0.3, 0.4) is 0 Å². The van der Waals surface area contributed by atoms with Crippen molar-refractivity contribution in [2.45, 2.75) is 43.2 Å². The van der Waals surface area contributed by atoms with Gasteiger partial charge in [0.25, 0.3) is 0 Å². The first-order valence-corrected chi connectivity index (χ1v) is 5.64. The second-order valence-electron chi connectivity index (χ2n) is 3.55. The van der Waals surface area contributed by atoms with Gasteiger partial charge in [0.15, 0.2) is 0 Å². The molecule has 13 heavy (non-hydrogen) atoms. The Bertz CT molecular complexity index is 182. The van der Waals surface area contributed by atoms with Crippen molar-refractivity contribution in [3.63, 3.8) is 0 Å². The summed E-state index contributed by atoms with van der Waals surface area (Å²) >= 11 is 1.52. The molecule has 76 valence electrons. The van der Waals surface area contributed by atoms with E-state index in [1.54, 1.807) is 0 Å². The van der Waals surface area contributed by atoms with E-state index in [2.05, 4.69) is 5.32 Å². The lowest BCUT2D eigenvalue weighted by Gasteiger charge is -2.14. The highest BCUT2D eigenvalue weighted by Crippen LogP contribution is 2.21. The van der Waals surface area contributed by atoms with E-state index in [4.69, 9.17) is 5.11 Å². The lowest BCUT2D eigenvalue weighted by atomic mass is 10.4. The van der Waals surface area contributed by atoms with Crippen molar-refractivity contribution in [3.8, 4) is 0 Å². The van der Waals surface area contributed by atoms with Crippen molar-refractivity contribution >= 4 is 17.7 Å². The van der Waals surface area contributed by atoms with Crippen LogP contribution in [0, 0.1) is 0 Å².